The average molecular weight is 275 g/mol. The summed E-state index contributed by atoms with van der Waals surface area (Å²) in [5.74, 6) is -1.83. The fourth-order valence-electron chi connectivity index (χ4n) is 1.47. The maximum Gasteiger partial charge on any atom is 0.471 e. The SMILES string of the molecule is COc1ccc(C(C)(C)C)cc1NC(=O)C(F)(F)F. The van der Waals surface area contributed by atoms with E-state index in [2.05, 4.69) is 0 Å². The first kappa shape index (κ1) is 15.3. The van der Waals surface area contributed by atoms with E-state index in [1.54, 1.807) is 6.07 Å². The number of methoxy groups -OCH3 is 1. The van der Waals surface area contributed by atoms with E-state index in [0.717, 1.165) is 5.56 Å². The molecule has 1 N–H and O–H groups in total. The number of ether oxygens (including phenoxy) is 1. The number of carbonyl (C=O) groups excluding carboxylic acids is 1. The van der Waals surface area contributed by atoms with Crippen molar-refractivity contribution in [2.24, 2.45) is 0 Å². The zero-order valence-electron chi connectivity index (χ0n) is 11.2. The molecule has 0 aliphatic carbocycles. The number of amides is 1. The molecule has 0 unspecified atom stereocenters. The van der Waals surface area contributed by atoms with Gasteiger partial charge in [0.15, 0.2) is 0 Å². The van der Waals surface area contributed by atoms with Crippen LogP contribution in [0.15, 0.2) is 18.2 Å². The van der Waals surface area contributed by atoms with E-state index in [9.17, 15) is 18.0 Å². The van der Waals surface area contributed by atoms with Gasteiger partial charge in [-0.2, -0.15) is 13.2 Å². The Morgan fingerprint density at radius 3 is 2.21 bits per heavy atom. The van der Waals surface area contributed by atoms with E-state index in [1.165, 1.54) is 19.2 Å². The monoisotopic (exact) mass is 275 g/mol. The molecule has 0 aliphatic heterocycles. The summed E-state index contributed by atoms with van der Waals surface area (Å²) in [4.78, 5) is 11.0. The van der Waals surface area contributed by atoms with E-state index < -0.39 is 12.1 Å². The van der Waals surface area contributed by atoms with Gasteiger partial charge in [-0.05, 0) is 23.1 Å². The van der Waals surface area contributed by atoms with Gasteiger partial charge in [0.1, 0.15) is 5.75 Å². The Bertz CT molecular complexity index is 476. The van der Waals surface area contributed by atoms with Crippen molar-refractivity contribution in [1.29, 1.82) is 0 Å². The minimum Gasteiger partial charge on any atom is -0.495 e. The number of hydrogen-bond donors (Lipinski definition) is 1. The van der Waals surface area contributed by atoms with Gasteiger partial charge in [-0.25, -0.2) is 0 Å². The van der Waals surface area contributed by atoms with Gasteiger partial charge >= 0.3 is 12.1 Å². The van der Waals surface area contributed by atoms with Gasteiger partial charge in [-0.1, -0.05) is 26.8 Å². The number of anilines is 1. The van der Waals surface area contributed by atoms with Gasteiger partial charge in [0, 0.05) is 0 Å². The van der Waals surface area contributed by atoms with Gasteiger partial charge in [-0.3, -0.25) is 4.79 Å². The van der Waals surface area contributed by atoms with Gasteiger partial charge < -0.3 is 10.1 Å². The first-order valence-corrected chi connectivity index (χ1v) is 5.62. The molecule has 0 atom stereocenters. The minimum atomic E-state index is -4.93. The van der Waals surface area contributed by atoms with Crippen molar-refractivity contribution >= 4 is 11.6 Å². The van der Waals surface area contributed by atoms with Crippen molar-refractivity contribution in [2.75, 3.05) is 12.4 Å². The first-order chi connectivity index (χ1) is 8.55. The summed E-state index contributed by atoms with van der Waals surface area (Å²) in [6.45, 7) is 5.76. The minimum absolute atomic E-state index is 0.0113. The second-order valence-corrected chi connectivity index (χ2v) is 5.12. The standard InChI is InChI=1S/C13H16F3NO2/c1-12(2,3)8-5-6-10(19-4)9(7-8)17-11(18)13(14,15)16/h5-7H,1-4H3,(H,17,18). The third-order valence-corrected chi connectivity index (χ3v) is 2.57. The van der Waals surface area contributed by atoms with Crippen molar-refractivity contribution in [3.63, 3.8) is 0 Å². The first-order valence-electron chi connectivity index (χ1n) is 5.62. The fraction of sp³-hybridized carbons (Fsp3) is 0.462. The molecule has 0 saturated carbocycles. The molecule has 0 aliphatic rings. The fourth-order valence-corrected chi connectivity index (χ4v) is 1.47. The van der Waals surface area contributed by atoms with Crippen LogP contribution in [0.3, 0.4) is 0 Å². The van der Waals surface area contributed by atoms with Crippen molar-refractivity contribution in [1.82, 2.24) is 0 Å². The van der Waals surface area contributed by atoms with Crippen LogP contribution in [0.2, 0.25) is 0 Å². The van der Waals surface area contributed by atoms with Gasteiger partial charge in [0.25, 0.3) is 0 Å². The number of rotatable bonds is 2. The third-order valence-electron chi connectivity index (χ3n) is 2.57. The lowest BCUT2D eigenvalue weighted by molar-refractivity contribution is -0.167. The summed E-state index contributed by atoms with van der Waals surface area (Å²) in [5.41, 5.74) is 0.562. The average Bonchev–Trinajstić information content (AvgIpc) is 2.26. The molecule has 0 bridgehead atoms. The largest absolute Gasteiger partial charge is 0.495 e. The lowest BCUT2D eigenvalue weighted by Gasteiger charge is -2.21. The van der Waals surface area contributed by atoms with Crippen molar-refractivity contribution in [3.8, 4) is 5.75 Å². The lowest BCUT2D eigenvalue weighted by atomic mass is 9.87. The quantitative estimate of drug-likeness (QED) is 0.897. The van der Waals surface area contributed by atoms with Crippen LogP contribution in [-0.2, 0) is 10.2 Å². The zero-order valence-corrected chi connectivity index (χ0v) is 11.2. The maximum atomic E-state index is 12.3. The zero-order chi connectivity index (χ0) is 14.8. The summed E-state index contributed by atoms with van der Waals surface area (Å²) >= 11 is 0. The van der Waals surface area contributed by atoms with Gasteiger partial charge in [-0.15, -0.1) is 0 Å². The molecule has 0 saturated heterocycles. The van der Waals surface area contributed by atoms with Crippen molar-refractivity contribution in [2.45, 2.75) is 32.4 Å². The van der Waals surface area contributed by atoms with Gasteiger partial charge in [0.2, 0.25) is 0 Å². The summed E-state index contributed by atoms with van der Waals surface area (Å²) in [5, 5.41) is 1.82. The topological polar surface area (TPSA) is 38.3 Å². The Kier molecular flexibility index (Phi) is 4.12. The van der Waals surface area contributed by atoms with Crippen molar-refractivity contribution < 1.29 is 22.7 Å². The van der Waals surface area contributed by atoms with Crippen LogP contribution in [-0.4, -0.2) is 19.2 Å². The highest BCUT2D eigenvalue weighted by atomic mass is 19.4. The molecule has 3 nitrogen and oxygen atoms in total. The molecular weight excluding hydrogens is 259 g/mol. The Morgan fingerprint density at radius 1 is 1.21 bits per heavy atom. The van der Waals surface area contributed by atoms with Gasteiger partial charge in [0.05, 0.1) is 12.8 Å². The number of benzene rings is 1. The lowest BCUT2D eigenvalue weighted by Crippen LogP contribution is -2.30. The van der Waals surface area contributed by atoms with E-state index >= 15 is 0 Å². The van der Waals surface area contributed by atoms with Crippen LogP contribution in [0.4, 0.5) is 18.9 Å². The third kappa shape index (κ3) is 3.87. The van der Waals surface area contributed by atoms with Crippen LogP contribution in [0.1, 0.15) is 26.3 Å². The number of nitrogens with one attached hydrogen (secondary N) is 1. The summed E-state index contributed by atoms with van der Waals surface area (Å²) in [6.07, 6.45) is -4.93. The van der Waals surface area contributed by atoms with Crippen LogP contribution in [0, 0.1) is 0 Å². The molecule has 1 amide bonds. The highest BCUT2D eigenvalue weighted by molar-refractivity contribution is 5.96. The van der Waals surface area contributed by atoms with E-state index in [0.29, 0.717) is 0 Å². The van der Waals surface area contributed by atoms with E-state index in [-0.39, 0.29) is 16.9 Å². The molecule has 6 heteroatoms. The summed E-state index contributed by atoms with van der Waals surface area (Å²) in [7, 11) is 1.33. The molecule has 0 aromatic heterocycles. The Balaban J connectivity index is 3.14. The summed E-state index contributed by atoms with van der Waals surface area (Å²) < 4.78 is 41.7. The molecule has 1 aromatic carbocycles. The molecule has 0 radical (unpaired) electrons. The van der Waals surface area contributed by atoms with Crippen molar-refractivity contribution in [3.05, 3.63) is 23.8 Å². The number of alkyl halides is 3. The maximum absolute atomic E-state index is 12.3. The molecule has 0 fully saturated rings. The van der Waals surface area contributed by atoms with E-state index in [1.807, 2.05) is 26.1 Å². The van der Waals surface area contributed by atoms with Crippen LogP contribution >= 0.6 is 0 Å². The highest BCUT2D eigenvalue weighted by Gasteiger charge is 2.39. The normalized spacial score (nSPS) is 12.2. The number of halogens is 3. The Hall–Kier alpha value is -1.72. The Morgan fingerprint density at radius 2 is 1.79 bits per heavy atom. The molecular formula is C13H16F3NO2. The molecule has 1 rings (SSSR count). The predicted octanol–water partition coefficient (Wildman–Crippen LogP) is 3.49. The van der Waals surface area contributed by atoms with Crippen LogP contribution < -0.4 is 10.1 Å². The van der Waals surface area contributed by atoms with Crippen LogP contribution in [0.25, 0.3) is 0 Å². The molecule has 19 heavy (non-hydrogen) atoms. The molecule has 1 aromatic rings. The molecule has 0 spiro atoms. The second kappa shape index (κ2) is 5.11. The molecule has 106 valence electrons. The second-order valence-electron chi connectivity index (χ2n) is 5.12. The van der Waals surface area contributed by atoms with Crippen LogP contribution in [0.5, 0.6) is 5.75 Å². The predicted molar refractivity (Wildman–Crippen MR) is 66.4 cm³/mol. The highest BCUT2D eigenvalue weighted by Crippen LogP contribution is 2.32. The smallest absolute Gasteiger partial charge is 0.471 e. The molecule has 0 heterocycles. The number of carbonyl (C=O) groups is 1. The van der Waals surface area contributed by atoms with E-state index in [4.69, 9.17) is 4.74 Å². The summed E-state index contributed by atoms with van der Waals surface area (Å²) in [6, 6.07) is 4.77. The number of hydrogen-bond acceptors (Lipinski definition) is 2. The Labute approximate surface area is 109 Å².